The Balaban J connectivity index is 0.00000324. The summed E-state index contributed by atoms with van der Waals surface area (Å²) in [5.74, 6) is 0.350. The lowest BCUT2D eigenvalue weighted by molar-refractivity contribution is -0.120. The van der Waals surface area contributed by atoms with Crippen LogP contribution in [-0.2, 0) is 9.53 Å². The molecule has 0 radical (unpaired) electrons. The number of ether oxygens (including phenoxy) is 1. The number of halogens is 1. The molecule has 0 fully saturated rings. The van der Waals surface area contributed by atoms with Gasteiger partial charge in [-0.1, -0.05) is 37.3 Å². The molecule has 0 saturated carbocycles. The number of carbonyl (C=O) groups excluding carboxylic acids is 1. The van der Waals surface area contributed by atoms with Crippen molar-refractivity contribution in [2.45, 2.75) is 12.8 Å². The third-order valence-electron chi connectivity index (χ3n) is 2.74. The summed E-state index contributed by atoms with van der Waals surface area (Å²) in [6.45, 7) is 4.42. The van der Waals surface area contributed by atoms with E-state index in [1.807, 2.05) is 18.2 Å². The summed E-state index contributed by atoms with van der Waals surface area (Å²) in [5.41, 5.74) is 1.24. The maximum atomic E-state index is 11.5. The highest BCUT2D eigenvalue weighted by Crippen LogP contribution is 2.12. The second-order valence-corrected chi connectivity index (χ2v) is 4.29. The quantitative estimate of drug-likeness (QED) is 0.713. The van der Waals surface area contributed by atoms with E-state index >= 15 is 0 Å². The van der Waals surface area contributed by atoms with Gasteiger partial charge in [0.15, 0.2) is 0 Å². The Kier molecular flexibility index (Phi) is 10.2. The van der Waals surface area contributed by atoms with Gasteiger partial charge in [0, 0.05) is 20.2 Å². The van der Waals surface area contributed by atoms with E-state index in [2.05, 4.69) is 29.7 Å². The van der Waals surface area contributed by atoms with Gasteiger partial charge in [-0.3, -0.25) is 4.79 Å². The first-order valence-electron chi connectivity index (χ1n) is 6.25. The first kappa shape index (κ1) is 17.9. The fourth-order valence-electron chi connectivity index (χ4n) is 1.61. The Morgan fingerprint density at radius 3 is 2.63 bits per heavy atom. The molecule has 108 valence electrons. The summed E-state index contributed by atoms with van der Waals surface area (Å²) in [6, 6.07) is 10.2. The van der Waals surface area contributed by atoms with E-state index in [4.69, 9.17) is 4.74 Å². The van der Waals surface area contributed by atoms with E-state index in [1.54, 1.807) is 7.11 Å². The highest BCUT2D eigenvalue weighted by Gasteiger charge is 2.06. The van der Waals surface area contributed by atoms with Crippen molar-refractivity contribution in [1.29, 1.82) is 0 Å². The third kappa shape index (κ3) is 7.82. The van der Waals surface area contributed by atoms with Crippen LogP contribution in [0.15, 0.2) is 30.3 Å². The molecule has 0 aliphatic heterocycles. The number of benzene rings is 1. The Hall–Kier alpha value is -1.10. The normalized spacial score (nSPS) is 11.5. The Morgan fingerprint density at radius 2 is 2.00 bits per heavy atom. The van der Waals surface area contributed by atoms with E-state index in [-0.39, 0.29) is 18.3 Å². The van der Waals surface area contributed by atoms with Crippen LogP contribution in [0.1, 0.15) is 18.4 Å². The third-order valence-corrected chi connectivity index (χ3v) is 2.74. The Labute approximate surface area is 121 Å². The molecule has 2 N–H and O–H groups in total. The largest absolute Gasteiger partial charge is 0.383 e. The van der Waals surface area contributed by atoms with Gasteiger partial charge in [0.2, 0.25) is 5.91 Å². The van der Waals surface area contributed by atoms with Crippen LogP contribution in [0.3, 0.4) is 0 Å². The second-order valence-electron chi connectivity index (χ2n) is 4.29. The predicted octanol–water partition coefficient (Wildman–Crippen LogP) is 1.56. The summed E-state index contributed by atoms with van der Waals surface area (Å²) >= 11 is 0. The molecule has 1 rings (SSSR count). The minimum Gasteiger partial charge on any atom is -0.383 e. The minimum absolute atomic E-state index is 0. The highest BCUT2D eigenvalue weighted by molar-refractivity contribution is 5.85. The standard InChI is InChI=1S/C14H22N2O2.ClH/c1-12(13-6-4-3-5-7-13)10-16-14(17)11-15-8-9-18-2;/h3-7,12,15H,8-11H2,1-2H3,(H,16,17);1H. The molecule has 0 aliphatic rings. The lowest BCUT2D eigenvalue weighted by Gasteiger charge is -2.13. The first-order chi connectivity index (χ1) is 8.74. The molecule has 0 aliphatic carbocycles. The molecular formula is C14H23ClN2O2. The van der Waals surface area contributed by atoms with E-state index in [9.17, 15) is 4.79 Å². The van der Waals surface area contributed by atoms with Gasteiger partial charge in [0.25, 0.3) is 0 Å². The van der Waals surface area contributed by atoms with E-state index in [1.165, 1.54) is 5.56 Å². The molecule has 0 aromatic heterocycles. The SMILES string of the molecule is COCCNCC(=O)NCC(C)c1ccccc1.Cl. The minimum atomic E-state index is 0. The number of methoxy groups -OCH3 is 1. The number of carbonyl (C=O) groups is 1. The second kappa shape index (κ2) is 10.8. The maximum absolute atomic E-state index is 11.5. The highest BCUT2D eigenvalue weighted by atomic mass is 35.5. The smallest absolute Gasteiger partial charge is 0.233 e. The van der Waals surface area contributed by atoms with Gasteiger partial charge in [-0.15, -0.1) is 12.4 Å². The molecule has 1 aromatic rings. The van der Waals surface area contributed by atoms with Gasteiger partial charge in [-0.25, -0.2) is 0 Å². The molecule has 0 saturated heterocycles. The number of rotatable bonds is 8. The monoisotopic (exact) mass is 286 g/mol. The summed E-state index contributed by atoms with van der Waals surface area (Å²) in [5, 5.41) is 5.93. The van der Waals surface area contributed by atoms with E-state index < -0.39 is 0 Å². The van der Waals surface area contributed by atoms with Gasteiger partial charge in [0.1, 0.15) is 0 Å². The van der Waals surface area contributed by atoms with E-state index in [0.717, 1.165) is 0 Å². The fraction of sp³-hybridized carbons (Fsp3) is 0.500. The molecule has 0 spiro atoms. The Bertz CT molecular complexity index is 347. The van der Waals surface area contributed by atoms with Crippen molar-refractivity contribution in [2.75, 3.05) is 33.4 Å². The van der Waals surface area contributed by atoms with Crippen molar-refractivity contribution in [1.82, 2.24) is 10.6 Å². The number of hydrogen-bond donors (Lipinski definition) is 2. The average molecular weight is 287 g/mol. The lowest BCUT2D eigenvalue weighted by Crippen LogP contribution is -2.36. The zero-order chi connectivity index (χ0) is 13.2. The number of amides is 1. The van der Waals surface area contributed by atoms with Crippen LogP contribution < -0.4 is 10.6 Å². The predicted molar refractivity (Wildman–Crippen MR) is 79.9 cm³/mol. The fourth-order valence-corrected chi connectivity index (χ4v) is 1.61. The van der Waals surface area contributed by atoms with Crippen LogP contribution in [0.2, 0.25) is 0 Å². The summed E-state index contributed by atoms with van der Waals surface area (Å²) in [4.78, 5) is 11.5. The lowest BCUT2D eigenvalue weighted by atomic mass is 10.0. The van der Waals surface area contributed by atoms with Crippen molar-refractivity contribution in [3.63, 3.8) is 0 Å². The molecular weight excluding hydrogens is 264 g/mol. The van der Waals surface area contributed by atoms with Gasteiger partial charge >= 0.3 is 0 Å². The molecule has 0 bridgehead atoms. The molecule has 4 nitrogen and oxygen atoms in total. The Morgan fingerprint density at radius 1 is 1.32 bits per heavy atom. The van der Waals surface area contributed by atoms with Gasteiger partial charge in [-0.2, -0.15) is 0 Å². The zero-order valence-electron chi connectivity index (χ0n) is 11.5. The van der Waals surface area contributed by atoms with E-state index in [0.29, 0.717) is 32.2 Å². The van der Waals surface area contributed by atoms with Gasteiger partial charge < -0.3 is 15.4 Å². The molecule has 1 aromatic carbocycles. The van der Waals surface area contributed by atoms with Crippen molar-refractivity contribution in [3.8, 4) is 0 Å². The summed E-state index contributed by atoms with van der Waals surface area (Å²) < 4.78 is 4.89. The van der Waals surface area contributed by atoms with Crippen molar-refractivity contribution in [3.05, 3.63) is 35.9 Å². The van der Waals surface area contributed by atoms with Crippen molar-refractivity contribution < 1.29 is 9.53 Å². The zero-order valence-corrected chi connectivity index (χ0v) is 12.3. The summed E-state index contributed by atoms with van der Waals surface area (Å²) in [6.07, 6.45) is 0. The molecule has 19 heavy (non-hydrogen) atoms. The number of hydrogen-bond acceptors (Lipinski definition) is 3. The summed E-state index contributed by atoms with van der Waals surface area (Å²) in [7, 11) is 1.64. The van der Waals surface area contributed by atoms with Crippen LogP contribution in [0.25, 0.3) is 0 Å². The molecule has 1 amide bonds. The maximum Gasteiger partial charge on any atom is 0.233 e. The van der Waals surface area contributed by atoms with Crippen LogP contribution in [-0.4, -0.2) is 39.3 Å². The van der Waals surface area contributed by atoms with Crippen LogP contribution in [0.4, 0.5) is 0 Å². The molecule has 1 atom stereocenters. The van der Waals surface area contributed by atoms with Crippen LogP contribution in [0.5, 0.6) is 0 Å². The van der Waals surface area contributed by atoms with Gasteiger partial charge in [0.05, 0.1) is 13.2 Å². The van der Waals surface area contributed by atoms with Crippen molar-refractivity contribution >= 4 is 18.3 Å². The molecule has 1 unspecified atom stereocenters. The van der Waals surface area contributed by atoms with Crippen LogP contribution >= 0.6 is 12.4 Å². The number of nitrogens with one attached hydrogen (secondary N) is 2. The first-order valence-corrected chi connectivity index (χ1v) is 6.25. The topological polar surface area (TPSA) is 50.4 Å². The molecule has 0 heterocycles. The average Bonchev–Trinajstić information content (AvgIpc) is 2.42. The van der Waals surface area contributed by atoms with Crippen LogP contribution in [0, 0.1) is 0 Å². The molecule has 5 heteroatoms. The van der Waals surface area contributed by atoms with Crippen molar-refractivity contribution in [2.24, 2.45) is 0 Å². The van der Waals surface area contributed by atoms with Gasteiger partial charge in [-0.05, 0) is 11.5 Å².